The Bertz CT molecular complexity index is 294. The summed E-state index contributed by atoms with van der Waals surface area (Å²) in [5.74, 6) is 3.29. The van der Waals surface area contributed by atoms with Crippen LogP contribution in [0.15, 0.2) is 25.3 Å². The molecular formula is C12H19NSiW. The molecule has 0 aliphatic heterocycles. The molecule has 82 valence electrons. The molecule has 0 unspecified atom stereocenters. The van der Waals surface area contributed by atoms with Gasteiger partial charge in [-0.15, -0.1) is 0 Å². The second-order valence-electron chi connectivity index (χ2n) is 4.29. The van der Waals surface area contributed by atoms with Crippen molar-refractivity contribution >= 4 is 12.1 Å². The topological polar surface area (TPSA) is 3.24 Å². The molecule has 0 amide bonds. The predicted octanol–water partition coefficient (Wildman–Crippen LogP) is 2.22. The van der Waals surface area contributed by atoms with Crippen LogP contribution in [0.25, 0.3) is 0 Å². The van der Waals surface area contributed by atoms with E-state index < -0.39 is 8.07 Å². The Kier molecular flexibility index (Phi) is 7.01. The van der Waals surface area contributed by atoms with Crippen molar-refractivity contribution in [2.75, 3.05) is 13.1 Å². The van der Waals surface area contributed by atoms with Crippen LogP contribution < -0.4 is 0 Å². The van der Waals surface area contributed by atoms with E-state index in [9.17, 15) is 0 Å². The van der Waals surface area contributed by atoms with E-state index in [1.807, 2.05) is 12.2 Å². The standard InChI is InChI=1S/C12H19NSi.W/c1-6-9-13(10-7-2)11-8-12-14(3,4)5;/h6-7H,1-2,9-10H2,3-5H3;. The van der Waals surface area contributed by atoms with Crippen molar-refractivity contribution in [3.63, 3.8) is 0 Å². The molecule has 15 heavy (non-hydrogen) atoms. The Morgan fingerprint density at radius 3 is 2.07 bits per heavy atom. The summed E-state index contributed by atoms with van der Waals surface area (Å²) in [6.45, 7) is 16.0. The van der Waals surface area contributed by atoms with Crippen molar-refractivity contribution in [2.45, 2.75) is 19.6 Å². The molecule has 0 aromatic carbocycles. The Labute approximate surface area is 106 Å². The van der Waals surface area contributed by atoms with Crippen LogP contribution in [0.1, 0.15) is 0 Å². The molecule has 0 rings (SSSR count). The molecule has 0 radical (unpaired) electrons. The molecule has 0 saturated carbocycles. The molecule has 0 aliphatic rings. The Morgan fingerprint density at radius 1 is 1.27 bits per heavy atom. The normalized spacial score (nSPS) is 10.4. The molecule has 0 N–H and O–H groups in total. The maximum absolute atomic E-state index is 3.75. The first-order valence-electron chi connectivity index (χ1n) is 4.94. The van der Waals surface area contributed by atoms with Gasteiger partial charge in [-0.1, -0.05) is 0 Å². The van der Waals surface area contributed by atoms with Crippen molar-refractivity contribution in [2.24, 2.45) is 0 Å². The van der Waals surface area contributed by atoms with Gasteiger partial charge in [-0.25, -0.2) is 0 Å². The summed E-state index contributed by atoms with van der Waals surface area (Å²) in [5.41, 5.74) is 3.38. The van der Waals surface area contributed by atoms with Gasteiger partial charge in [0.2, 0.25) is 0 Å². The zero-order chi connectivity index (χ0) is 11.9. The van der Waals surface area contributed by atoms with Crippen molar-refractivity contribution < 1.29 is 19.4 Å². The molecule has 0 aromatic rings. The average molecular weight is 389 g/mol. The van der Waals surface area contributed by atoms with Crippen molar-refractivity contribution in [3.8, 4) is 11.5 Å². The van der Waals surface area contributed by atoms with Crippen molar-refractivity contribution in [1.82, 2.24) is 4.90 Å². The third kappa shape index (κ3) is 7.68. The number of hydrogen-bond acceptors (Lipinski definition) is 1. The fourth-order valence-electron chi connectivity index (χ4n) is 0.872. The van der Waals surface area contributed by atoms with E-state index in [4.69, 9.17) is 0 Å². The fraction of sp³-hybridized carbons (Fsp3) is 0.417. The van der Waals surface area contributed by atoms with Gasteiger partial charge in [0.1, 0.15) is 0 Å². The van der Waals surface area contributed by atoms with Gasteiger partial charge >= 0.3 is 106 Å². The predicted molar refractivity (Wildman–Crippen MR) is 68.1 cm³/mol. The van der Waals surface area contributed by atoms with E-state index >= 15 is 0 Å². The molecule has 0 aliphatic carbocycles. The zero-order valence-corrected chi connectivity index (χ0v) is 13.8. The van der Waals surface area contributed by atoms with Gasteiger partial charge in [0.25, 0.3) is 0 Å². The molecule has 0 heterocycles. The third-order valence-electron chi connectivity index (χ3n) is 1.53. The Morgan fingerprint density at radius 2 is 1.73 bits per heavy atom. The minimum atomic E-state index is -1.26. The molecule has 1 nitrogen and oxygen atoms in total. The summed E-state index contributed by atoms with van der Waals surface area (Å²) < 4.78 is 1.19. The molecule has 0 saturated heterocycles. The maximum atomic E-state index is 3.75. The molecular weight excluding hydrogens is 370 g/mol. The molecule has 0 atom stereocenters. The monoisotopic (exact) mass is 389 g/mol. The van der Waals surface area contributed by atoms with Gasteiger partial charge < -0.3 is 0 Å². The summed E-state index contributed by atoms with van der Waals surface area (Å²) >= 11 is 1.42. The minimum absolute atomic E-state index is 0.852. The number of rotatable bonds is 5. The summed E-state index contributed by atoms with van der Waals surface area (Å²) in [6.07, 6.45) is 3.81. The molecule has 0 bridgehead atoms. The van der Waals surface area contributed by atoms with Crippen LogP contribution in [0.2, 0.25) is 19.6 Å². The fourth-order valence-corrected chi connectivity index (χ4v) is 2.44. The van der Waals surface area contributed by atoms with Gasteiger partial charge in [0, 0.05) is 0 Å². The Balaban J connectivity index is 4.55. The third-order valence-corrected chi connectivity index (χ3v) is 3.70. The van der Waals surface area contributed by atoms with Crippen LogP contribution in [0.4, 0.5) is 0 Å². The second-order valence-corrected chi connectivity index (χ2v) is 10.4. The van der Waals surface area contributed by atoms with Crippen LogP contribution in [-0.2, 0) is 19.4 Å². The van der Waals surface area contributed by atoms with Crippen LogP contribution in [-0.4, -0.2) is 30.1 Å². The van der Waals surface area contributed by atoms with Crippen LogP contribution in [0.3, 0.4) is 0 Å². The SMILES string of the molecule is C=CCN(CC=C)[C](=[W])C#C[Si](C)(C)C. The zero-order valence-electron chi connectivity index (χ0n) is 9.84. The summed E-state index contributed by atoms with van der Waals surface area (Å²) in [6, 6.07) is 0. The first-order chi connectivity index (χ1) is 6.90. The average Bonchev–Trinajstić information content (AvgIpc) is 2.13. The number of hydrogen-bond donors (Lipinski definition) is 0. The molecule has 3 heteroatoms. The van der Waals surface area contributed by atoms with E-state index in [1.165, 1.54) is 23.4 Å². The van der Waals surface area contributed by atoms with Crippen molar-refractivity contribution in [3.05, 3.63) is 25.3 Å². The second kappa shape index (κ2) is 7.12. The van der Waals surface area contributed by atoms with E-state index in [0.29, 0.717) is 0 Å². The summed E-state index contributed by atoms with van der Waals surface area (Å²) in [5, 5.41) is 0. The van der Waals surface area contributed by atoms with E-state index in [1.54, 1.807) is 0 Å². The van der Waals surface area contributed by atoms with Crippen molar-refractivity contribution in [1.29, 1.82) is 0 Å². The van der Waals surface area contributed by atoms with Gasteiger partial charge in [0.05, 0.1) is 0 Å². The van der Waals surface area contributed by atoms with Gasteiger partial charge in [-0.2, -0.15) is 0 Å². The van der Waals surface area contributed by atoms with E-state index in [0.717, 1.165) is 13.1 Å². The van der Waals surface area contributed by atoms with Crippen LogP contribution in [0.5, 0.6) is 0 Å². The van der Waals surface area contributed by atoms with Gasteiger partial charge in [0.15, 0.2) is 0 Å². The Hall–Kier alpha value is -0.225. The van der Waals surface area contributed by atoms with Crippen LogP contribution >= 0.6 is 0 Å². The molecule has 0 aromatic heterocycles. The summed E-state index contributed by atoms with van der Waals surface area (Å²) in [7, 11) is -1.26. The van der Waals surface area contributed by atoms with E-state index in [2.05, 4.69) is 49.2 Å². The molecule has 0 fully saturated rings. The first-order valence-corrected chi connectivity index (χ1v) is 9.91. The van der Waals surface area contributed by atoms with Gasteiger partial charge in [-0.3, -0.25) is 0 Å². The van der Waals surface area contributed by atoms with Gasteiger partial charge in [-0.05, 0) is 0 Å². The van der Waals surface area contributed by atoms with E-state index in [-0.39, 0.29) is 0 Å². The summed E-state index contributed by atoms with van der Waals surface area (Å²) in [4.78, 5) is 2.21. The molecule has 0 spiro atoms. The number of nitrogens with zero attached hydrogens (tertiary/aromatic N) is 1. The quantitative estimate of drug-likeness (QED) is 0.396. The van der Waals surface area contributed by atoms with Crippen LogP contribution in [0, 0.1) is 11.5 Å². The first kappa shape index (κ1) is 14.8.